The minimum Gasteiger partial charge on any atom is -0.462 e. The highest BCUT2D eigenvalue weighted by Crippen LogP contribution is 2.42. The Morgan fingerprint density at radius 1 is 1.13 bits per heavy atom. The quantitative estimate of drug-likeness (QED) is 0.409. The molecule has 1 unspecified atom stereocenters. The fraction of sp³-hybridized carbons (Fsp3) is 0.458. The molecule has 160 valence electrons. The smallest absolute Gasteiger partial charge is 0.336 e. The number of esters is 2. The van der Waals surface area contributed by atoms with Crippen LogP contribution in [0.1, 0.15) is 70.8 Å². The van der Waals surface area contributed by atoms with Gasteiger partial charge in [-0.15, -0.1) is 0 Å². The fourth-order valence-electron chi connectivity index (χ4n) is 4.08. The van der Waals surface area contributed by atoms with Crippen molar-refractivity contribution in [3.8, 4) is 5.75 Å². The Morgan fingerprint density at radius 3 is 2.53 bits per heavy atom. The van der Waals surface area contributed by atoms with Gasteiger partial charge in [0.2, 0.25) is 0 Å². The SMILES string of the molecule is CCCCCOC(=O)C1=C(C)NC2=C(C(=O)CCC2)C1c1ccc(OC(C)=O)cc1. The lowest BCUT2D eigenvalue weighted by molar-refractivity contribution is -0.139. The van der Waals surface area contributed by atoms with E-state index in [0.29, 0.717) is 29.9 Å². The Bertz CT molecular complexity index is 895. The molecule has 0 radical (unpaired) electrons. The molecule has 1 aliphatic carbocycles. The molecule has 30 heavy (non-hydrogen) atoms. The number of dihydropyridines is 1. The van der Waals surface area contributed by atoms with Crippen LogP contribution in [0.2, 0.25) is 0 Å². The molecule has 1 N–H and O–H groups in total. The van der Waals surface area contributed by atoms with Crippen molar-refractivity contribution in [2.24, 2.45) is 0 Å². The summed E-state index contributed by atoms with van der Waals surface area (Å²) in [5, 5.41) is 3.29. The third-order valence-electron chi connectivity index (χ3n) is 5.45. The average molecular weight is 411 g/mol. The Hall–Kier alpha value is -2.89. The number of unbranched alkanes of at least 4 members (excludes halogenated alkanes) is 2. The van der Waals surface area contributed by atoms with Crippen molar-refractivity contribution in [3.05, 3.63) is 52.4 Å². The summed E-state index contributed by atoms with van der Waals surface area (Å²) >= 11 is 0. The van der Waals surface area contributed by atoms with Gasteiger partial charge in [0.1, 0.15) is 5.75 Å². The zero-order valence-corrected chi connectivity index (χ0v) is 17.9. The molecular weight excluding hydrogens is 382 g/mol. The van der Waals surface area contributed by atoms with E-state index in [-0.39, 0.29) is 5.78 Å². The third kappa shape index (κ3) is 4.81. The van der Waals surface area contributed by atoms with Gasteiger partial charge in [-0.2, -0.15) is 0 Å². The minimum atomic E-state index is -0.487. The molecule has 1 aromatic carbocycles. The number of hydrogen-bond donors (Lipinski definition) is 1. The number of ketones is 1. The zero-order chi connectivity index (χ0) is 21.7. The maximum Gasteiger partial charge on any atom is 0.336 e. The normalized spacial score (nSPS) is 18.6. The molecule has 6 heteroatoms. The number of Topliss-reactive ketones (excluding diaryl/α,β-unsaturated/α-hetero) is 1. The first-order valence-electron chi connectivity index (χ1n) is 10.6. The molecule has 2 aliphatic rings. The maximum atomic E-state index is 13.0. The number of carbonyl (C=O) groups is 3. The van der Waals surface area contributed by atoms with E-state index in [9.17, 15) is 14.4 Å². The van der Waals surface area contributed by atoms with Crippen molar-refractivity contribution in [2.75, 3.05) is 6.61 Å². The Balaban J connectivity index is 1.96. The highest BCUT2D eigenvalue weighted by atomic mass is 16.5. The van der Waals surface area contributed by atoms with E-state index in [1.165, 1.54) is 6.92 Å². The monoisotopic (exact) mass is 411 g/mol. The summed E-state index contributed by atoms with van der Waals surface area (Å²) in [5.74, 6) is -0.798. The summed E-state index contributed by atoms with van der Waals surface area (Å²) in [6.07, 6.45) is 4.91. The number of carbonyl (C=O) groups excluding carboxylic acids is 3. The Morgan fingerprint density at radius 2 is 1.87 bits per heavy atom. The molecule has 0 spiro atoms. The highest BCUT2D eigenvalue weighted by molar-refractivity contribution is 6.03. The van der Waals surface area contributed by atoms with Crippen LogP contribution in [0.3, 0.4) is 0 Å². The van der Waals surface area contributed by atoms with Gasteiger partial charge in [0.15, 0.2) is 5.78 Å². The predicted molar refractivity (Wildman–Crippen MR) is 113 cm³/mol. The second-order valence-electron chi connectivity index (χ2n) is 7.77. The molecular formula is C24H29NO5. The minimum absolute atomic E-state index is 0.0570. The number of ether oxygens (including phenoxy) is 2. The molecule has 0 saturated heterocycles. The van der Waals surface area contributed by atoms with Crippen LogP contribution < -0.4 is 10.1 Å². The number of rotatable bonds is 7. The first kappa shape index (κ1) is 21.8. The Labute approximate surface area is 177 Å². The zero-order valence-electron chi connectivity index (χ0n) is 17.9. The van der Waals surface area contributed by atoms with Gasteiger partial charge in [-0.05, 0) is 43.9 Å². The lowest BCUT2D eigenvalue weighted by Gasteiger charge is -2.34. The summed E-state index contributed by atoms with van der Waals surface area (Å²) in [4.78, 5) is 37.1. The van der Waals surface area contributed by atoms with E-state index < -0.39 is 17.9 Å². The molecule has 1 atom stereocenters. The van der Waals surface area contributed by atoms with Crippen molar-refractivity contribution in [1.29, 1.82) is 0 Å². The molecule has 3 rings (SSSR count). The van der Waals surface area contributed by atoms with Gasteiger partial charge in [-0.3, -0.25) is 9.59 Å². The van der Waals surface area contributed by atoms with Gasteiger partial charge in [0.25, 0.3) is 0 Å². The third-order valence-corrected chi connectivity index (χ3v) is 5.45. The summed E-state index contributed by atoms with van der Waals surface area (Å²) in [5.41, 5.74) is 3.53. The van der Waals surface area contributed by atoms with Crippen molar-refractivity contribution in [1.82, 2.24) is 5.32 Å². The van der Waals surface area contributed by atoms with Crippen LogP contribution >= 0.6 is 0 Å². The number of hydrogen-bond acceptors (Lipinski definition) is 6. The van der Waals surface area contributed by atoms with Crippen LogP contribution in [0, 0.1) is 0 Å². The van der Waals surface area contributed by atoms with Crippen molar-refractivity contribution < 1.29 is 23.9 Å². The standard InChI is InChI=1S/C24H29NO5/c1-4-5-6-14-29-24(28)21-15(2)25-19-8-7-9-20(27)23(19)22(21)17-10-12-18(13-11-17)30-16(3)26/h10-13,22,25H,4-9,14H2,1-3H3. The maximum absolute atomic E-state index is 13.0. The second kappa shape index (κ2) is 9.74. The van der Waals surface area contributed by atoms with Gasteiger partial charge >= 0.3 is 11.9 Å². The van der Waals surface area contributed by atoms with Crippen LogP contribution in [-0.2, 0) is 19.1 Å². The second-order valence-corrected chi connectivity index (χ2v) is 7.77. The Kier molecular flexibility index (Phi) is 7.08. The summed E-state index contributed by atoms with van der Waals surface area (Å²) < 4.78 is 10.7. The van der Waals surface area contributed by atoms with Gasteiger partial charge < -0.3 is 14.8 Å². The van der Waals surface area contributed by atoms with E-state index in [1.807, 2.05) is 6.92 Å². The predicted octanol–water partition coefficient (Wildman–Crippen LogP) is 4.31. The first-order chi connectivity index (χ1) is 14.4. The molecule has 0 bridgehead atoms. The van der Waals surface area contributed by atoms with E-state index in [1.54, 1.807) is 24.3 Å². The van der Waals surface area contributed by atoms with Crippen molar-refractivity contribution in [3.63, 3.8) is 0 Å². The van der Waals surface area contributed by atoms with Crippen LogP contribution in [0.4, 0.5) is 0 Å². The topological polar surface area (TPSA) is 81.7 Å². The number of allylic oxidation sites excluding steroid dienone is 3. The van der Waals surface area contributed by atoms with Crippen molar-refractivity contribution >= 4 is 17.7 Å². The lowest BCUT2D eigenvalue weighted by atomic mass is 9.75. The number of benzene rings is 1. The summed E-state index contributed by atoms with van der Waals surface area (Å²) in [7, 11) is 0. The van der Waals surface area contributed by atoms with Crippen LogP contribution in [0.5, 0.6) is 5.75 Å². The molecule has 1 aliphatic heterocycles. The molecule has 0 saturated carbocycles. The van der Waals surface area contributed by atoms with Gasteiger partial charge in [0.05, 0.1) is 12.2 Å². The van der Waals surface area contributed by atoms with Crippen LogP contribution in [0.25, 0.3) is 0 Å². The molecule has 1 aromatic rings. The van der Waals surface area contributed by atoms with E-state index in [4.69, 9.17) is 9.47 Å². The largest absolute Gasteiger partial charge is 0.462 e. The lowest BCUT2D eigenvalue weighted by Crippen LogP contribution is -2.34. The van der Waals surface area contributed by atoms with Crippen LogP contribution in [0.15, 0.2) is 46.8 Å². The van der Waals surface area contributed by atoms with Gasteiger partial charge in [-0.1, -0.05) is 31.9 Å². The summed E-state index contributed by atoms with van der Waals surface area (Å²) in [6, 6.07) is 6.98. The van der Waals surface area contributed by atoms with Crippen molar-refractivity contribution in [2.45, 2.75) is 65.2 Å². The molecule has 6 nitrogen and oxygen atoms in total. The average Bonchev–Trinajstić information content (AvgIpc) is 2.70. The van der Waals surface area contributed by atoms with Crippen LogP contribution in [-0.4, -0.2) is 24.3 Å². The molecule has 0 aromatic heterocycles. The van der Waals surface area contributed by atoms with E-state index in [2.05, 4.69) is 12.2 Å². The van der Waals surface area contributed by atoms with Gasteiger partial charge in [-0.25, -0.2) is 4.79 Å². The first-order valence-corrected chi connectivity index (χ1v) is 10.6. The molecule has 0 amide bonds. The molecule has 1 heterocycles. The van der Waals surface area contributed by atoms with Gasteiger partial charge in [0, 0.05) is 36.2 Å². The van der Waals surface area contributed by atoms with E-state index >= 15 is 0 Å². The fourth-order valence-corrected chi connectivity index (χ4v) is 4.08. The summed E-state index contributed by atoms with van der Waals surface area (Å²) in [6.45, 7) is 5.65. The highest BCUT2D eigenvalue weighted by Gasteiger charge is 2.39. The molecule has 0 fully saturated rings. The number of nitrogens with one attached hydrogen (secondary N) is 1. The van der Waals surface area contributed by atoms with E-state index in [0.717, 1.165) is 49.1 Å².